The zero-order chi connectivity index (χ0) is 35.6. The van der Waals surface area contributed by atoms with E-state index < -0.39 is 0 Å². The van der Waals surface area contributed by atoms with E-state index in [-0.39, 0.29) is 0 Å². The number of aromatic nitrogens is 3. The minimum atomic E-state index is 0.595. The third-order valence-electron chi connectivity index (χ3n) is 10.4. The molecule has 0 radical (unpaired) electrons. The Morgan fingerprint density at radius 3 is 1.74 bits per heavy atom. The number of rotatable bonds is 5. The van der Waals surface area contributed by atoms with Crippen molar-refractivity contribution in [1.82, 2.24) is 15.0 Å². The molecular weight excluding hydrogens is 679 g/mol. The lowest BCUT2D eigenvalue weighted by molar-refractivity contribution is 0.673. The van der Waals surface area contributed by atoms with E-state index in [9.17, 15) is 0 Å². The van der Waals surface area contributed by atoms with Crippen molar-refractivity contribution in [3.05, 3.63) is 176 Å². The number of nitrogens with zero attached hydrogens (tertiary/aromatic N) is 3. The van der Waals surface area contributed by atoms with Crippen LogP contribution in [0.5, 0.6) is 0 Å². The lowest BCUT2D eigenvalue weighted by atomic mass is 9.95. The molecule has 0 saturated heterocycles. The molecule has 11 rings (SSSR count). The first kappa shape index (κ1) is 30.7. The van der Waals surface area contributed by atoms with Gasteiger partial charge in [-0.05, 0) is 58.0 Å². The maximum Gasteiger partial charge on any atom is 0.165 e. The van der Waals surface area contributed by atoms with Crippen LogP contribution < -0.4 is 0 Å². The summed E-state index contributed by atoms with van der Waals surface area (Å²) in [5, 5.41) is 6.83. The quantitative estimate of drug-likeness (QED) is 0.179. The fourth-order valence-electron chi connectivity index (χ4n) is 7.71. The predicted molar refractivity (Wildman–Crippen MR) is 225 cm³/mol. The highest BCUT2D eigenvalue weighted by Crippen LogP contribution is 2.42. The van der Waals surface area contributed by atoms with Gasteiger partial charge in [-0.15, -0.1) is 11.3 Å². The Labute approximate surface area is 314 Å². The molecule has 8 aromatic carbocycles. The van der Waals surface area contributed by atoms with Crippen molar-refractivity contribution in [2.24, 2.45) is 0 Å². The molecule has 5 heteroatoms. The summed E-state index contributed by atoms with van der Waals surface area (Å²) in [4.78, 5) is 15.5. The molecule has 0 N–H and O–H groups in total. The number of benzene rings is 8. The number of furan rings is 1. The summed E-state index contributed by atoms with van der Waals surface area (Å²) in [6, 6.07) is 61.5. The fraction of sp³-hybridized carbons (Fsp3) is 0. The van der Waals surface area contributed by atoms with E-state index in [1.807, 2.05) is 6.07 Å². The SMILES string of the molecule is c1ccc(-c2ccc(-c3nc(-c4ccc5c(c4)oc4c6ccccc6c(-c6ccccc6)cc54)nc(-c4cccc5c4sc4ccccc45)n3)cc2)cc1. The van der Waals surface area contributed by atoms with Gasteiger partial charge >= 0.3 is 0 Å². The zero-order valence-corrected chi connectivity index (χ0v) is 29.7. The average molecular weight is 708 g/mol. The Hall–Kier alpha value is -6.95. The van der Waals surface area contributed by atoms with Crippen LogP contribution in [-0.2, 0) is 0 Å². The van der Waals surface area contributed by atoms with E-state index >= 15 is 0 Å². The second-order valence-electron chi connectivity index (χ2n) is 13.6. The highest BCUT2D eigenvalue weighted by Gasteiger charge is 2.19. The van der Waals surface area contributed by atoms with Gasteiger partial charge in [0, 0.05) is 53.0 Å². The molecule has 0 amide bonds. The molecule has 4 nitrogen and oxygen atoms in total. The Balaban J connectivity index is 1.10. The van der Waals surface area contributed by atoms with Gasteiger partial charge in [-0.1, -0.05) is 146 Å². The summed E-state index contributed by atoms with van der Waals surface area (Å²) in [5.74, 6) is 1.86. The third-order valence-corrected chi connectivity index (χ3v) is 11.6. The molecule has 54 heavy (non-hydrogen) atoms. The molecule has 0 aliphatic carbocycles. The van der Waals surface area contributed by atoms with E-state index in [4.69, 9.17) is 19.4 Å². The van der Waals surface area contributed by atoms with Crippen molar-refractivity contribution < 1.29 is 4.42 Å². The van der Waals surface area contributed by atoms with Gasteiger partial charge in [-0.2, -0.15) is 0 Å². The molecule has 3 heterocycles. The summed E-state index contributed by atoms with van der Waals surface area (Å²) in [7, 11) is 0. The Kier molecular flexibility index (Phi) is 7.00. The van der Waals surface area contributed by atoms with Crippen LogP contribution >= 0.6 is 11.3 Å². The van der Waals surface area contributed by atoms with Crippen LogP contribution in [0.3, 0.4) is 0 Å². The molecule has 0 unspecified atom stereocenters. The molecule has 11 aromatic rings. The van der Waals surface area contributed by atoms with E-state index in [1.54, 1.807) is 11.3 Å². The topological polar surface area (TPSA) is 51.8 Å². The fourth-order valence-corrected chi connectivity index (χ4v) is 8.93. The molecule has 0 spiro atoms. The van der Waals surface area contributed by atoms with E-state index in [2.05, 4.69) is 170 Å². The largest absolute Gasteiger partial charge is 0.455 e. The lowest BCUT2D eigenvalue weighted by Gasteiger charge is -2.10. The monoisotopic (exact) mass is 707 g/mol. The van der Waals surface area contributed by atoms with Crippen LogP contribution in [-0.4, -0.2) is 15.0 Å². The third kappa shape index (κ3) is 5.01. The number of thiophene rings is 1. The van der Waals surface area contributed by atoms with Gasteiger partial charge in [0.25, 0.3) is 0 Å². The van der Waals surface area contributed by atoms with Crippen molar-refractivity contribution in [3.8, 4) is 56.4 Å². The minimum absolute atomic E-state index is 0.595. The minimum Gasteiger partial charge on any atom is -0.455 e. The zero-order valence-electron chi connectivity index (χ0n) is 28.9. The maximum absolute atomic E-state index is 6.73. The smallest absolute Gasteiger partial charge is 0.165 e. The van der Waals surface area contributed by atoms with Gasteiger partial charge < -0.3 is 4.42 Å². The first-order valence-corrected chi connectivity index (χ1v) is 18.8. The highest BCUT2D eigenvalue weighted by atomic mass is 32.1. The number of fused-ring (bicyclic) bond motifs is 8. The standard InChI is InChI=1S/C49H29N3OS/c1-3-12-30(13-4-1)31-22-24-33(25-23-31)47-50-48(52-49(51-47)40-20-11-19-39-37-17-9-10-21-44(37)54-46(39)40)34-26-27-36-42-29-41(32-14-5-2-6-15-32)35-16-7-8-18-38(35)45(42)53-43(36)28-34/h1-29H. The van der Waals surface area contributed by atoms with Crippen LogP contribution in [0.4, 0.5) is 0 Å². The average Bonchev–Trinajstić information content (AvgIpc) is 3.82. The summed E-state index contributed by atoms with van der Waals surface area (Å²) in [6.07, 6.45) is 0. The second kappa shape index (κ2) is 12.3. The summed E-state index contributed by atoms with van der Waals surface area (Å²) >= 11 is 1.78. The van der Waals surface area contributed by atoms with E-state index in [1.165, 1.54) is 32.2 Å². The normalized spacial score (nSPS) is 11.7. The van der Waals surface area contributed by atoms with Crippen molar-refractivity contribution in [2.75, 3.05) is 0 Å². The Morgan fingerprint density at radius 1 is 0.352 bits per heavy atom. The van der Waals surface area contributed by atoms with Gasteiger partial charge in [0.15, 0.2) is 17.5 Å². The van der Waals surface area contributed by atoms with Gasteiger partial charge in [0.05, 0.1) is 0 Å². The van der Waals surface area contributed by atoms with Crippen molar-refractivity contribution in [2.45, 2.75) is 0 Å². The molecule has 3 aromatic heterocycles. The lowest BCUT2D eigenvalue weighted by Crippen LogP contribution is -2.00. The van der Waals surface area contributed by atoms with Crippen LogP contribution in [0, 0.1) is 0 Å². The van der Waals surface area contributed by atoms with Crippen LogP contribution in [0.15, 0.2) is 180 Å². The van der Waals surface area contributed by atoms with Gasteiger partial charge in [0.1, 0.15) is 11.2 Å². The van der Waals surface area contributed by atoms with Crippen LogP contribution in [0.2, 0.25) is 0 Å². The first-order valence-electron chi connectivity index (χ1n) is 18.0. The van der Waals surface area contributed by atoms with Crippen LogP contribution in [0.25, 0.3) is 109 Å². The summed E-state index contributed by atoms with van der Waals surface area (Å²) < 4.78 is 9.13. The van der Waals surface area contributed by atoms with Crippen molar-refractivity contribution in [1.29, 1.82) is 0 Å². The Bertz CT molecular complexity index is 3200. The van der Waals surface area contributed by atoms with Crippen molar-refractivity contribution in [3.63, 3.8) is 0 Å². The van der Waals surface area contributed by atoms with Gasteiger partial charge in [-0.3, -0.25) is 0 Å². The van der Waals surface area contributed by atoms with Crippen LogP contribution in [0.1, 0.15) is 0 Å². The van der Waals surface area contributed by atoms with Gasteiger partial charge in [-0.25, -0.2) is 15.0 Å². The highest BCUT2D eigenvalue weighted by molar-refractivity contribution is 7.26. The molecule has 0 aliphatic rings. The molecule has 0 atom stereocenters. The summed E-state index contributed by atoms with van der Waals surface area (Å²) in [5.41, 5.74) is 9.12. The Morgan fingerprint density at radius 2 is 0.944 bits per heavy atom. The molecular formula is C49H29N3OS. The predicted octanol–water partition coefficient (Wildman–Crippen LogP) is 13.6. The molecule has 0 saturated carbocycles. The summed E-state index contributed by atoms with van der Waals surface area (Å²) in [6.45, 7) is 0. The van der Waals surface area contributed by atoms with Gasteiger partial charge in [0.2, 0.25) is 0 Å². The van der Waals surface area contributed by atoms with E-state index in [0.717, 1.165) is 59.7 Å². The number of hydrogen-bond acceptors (Lipinski definition) is 5. The van der Waals surface area contributed by atoms with Crippen molar-refractivity contribution >= 4 is 64.2 Å². The second-order valence-corrected chi connectivity index (χ2v) is 14.6. The van der Waals surface area contributed by atoms with E-state index in [0.29, 0.717) is 17.5 Å². The number of hydrogen-bond donors (Lipinski definition) is 0. The molecule has 0 fully saturated rings. The maximum atomic E-state index is 6.73. The molecule has 0 aliphatic heterocycles. The molecule has 252 valence electrons. The molecule has 0 bridgehead atoms. The first-order chi connectivity index (χ1) is 26.7.